The first-order chi connectivity index (χ1) is 11.5. The second kappa shape index (κ2) is 6.48. The highest BCUT2D eigenvalue weighted by Crippen LogP contribution is 2.26. The molecule has 1 aliphatic heterocycles. The lowest BCUT2D eigenvalue weighted by atomic mass is 9.84. The van der Waals surface area contributed by atoms with E-state index < -0.39 is 6.04 Å². The number of carbonyl (C=O) groups is 2. The van der Waals surface area contributed by atoms with Crippen LogP contribution in [0.5, 0.6) is 0 Å². The Bertz CT molecular complexity index is 726. The Balaban J connectivity index is 1.73. The van der Waals surface area contributed by atoms with Crippen LogP contribution in [0, 0.1) is 0 Å². The topological polar surface area (TPSA) is 49.4 Å². The van der Waals surface area contributed by atoms with E-state index in [1.165, 1.54) is 4.90 Å². The van der Waals surface area contributed by atoms with Gasteiger partial charge < -0.3 is 5.32 Å². The maximum absolute atomic E-state index is 12.7. The van der Waals surface area contributed by atoms with Crippen LogP contribution in [0.4, 0.5) is 4.79 Å². The molecule has 4 heteroatoms. The molecule has 0 spiro atoms. The van der Waals surface area contributed by atoms with E-state index in [-0.39, 0.29) is 17.4 Å². The maximum Gasteiger partial charge on any atom is 0.324 e. The van der Waals surface area contributed by atoms with Gasteiger partial charge in [-0.3, -0.25) is 9.69 Å². The molecule has 124 valence electrons. The highest BCUT2D eigenvalue weighted by atomic mass is 16.2. The molecule has 0 saturated carbocycles. The number of hydrogen-bond donors (Lipinski definition) is 1. The SMILES string of the molecule is CC(C)(CN1C(=O)NC(Cc2ccccc2)C1=O)c1ccccc1. The highest BCUT2D eigenvalue weighted by Gasteiger charge is 2.40. The molecule has 1 saturated heterocycles. The van der Waals surface area contributed by atoms with E-state index in [1.54, 1.807) is 0 Å². The van der Waals surface area contributed by atoms with Gasteiger partial charge in [0.1, 0.15) is 6.04 Å². The van der Waals surface area contributed by atoms with Gasteiger partial charge in [-0.1, -0.05) is 74.5 Å². The minimum atomic E-state index is -0.480. The average Bonchev–Trinajstić information content (AvgIpc) is 2.84. The molecule has 2 aromatic rings. The van der Waals surface area contributed by atoms with Crippen molar-refractivity contribution in [3.8, 4) is 0 Å². The number of hydrogen-bond acceptors (Lipinski definition) is 2. The molecule has 1 N–H and O–H groups in total. The van der Waals surface area contributed by atoms with Gasteiger partial charge in [0.2, 0.25) is 0 Å². The smallest absolute Gasteiger partial charge is 0.324 e. The van der Waals surface area contributed by atoms with E-state index in [9.17, 15) is 9.59 Å². The summed E-state index contributed by atoms with van der Waals surface area (Å²) in [5, 5.41) is 2.81. The first kappa shape index (κ1) is 16.2. The van der Waals surface area contributed by atoms with Crippen LogP contribution in [0.25, 0.3) is 0 Å². The van der Waals surface area contributed by atoms with Gasteiger partial charge in [-0.15, -0.1) is 0 Å². The normalized spacial score (nSPS) is 17.9. The molecule has 1 fully saturated rings. The van der Waals surface area contributed by atoms with Crippen molar-refractivity contribution in [3.63, 3.8) is 0 Å². The number of amides is 3. The predicted octanol–water partition coefficient (Wildman–Crippen LogP) is 3.13. The van der Waals surface area contributed by atoms with Crippen LogP contribution in [0.2, 0.25) is 0 Å². The summed E-state index contributed by atoms with van der Waals surface area (Å²) in [4.78, 5) is 26.3. The Morgan fingerprint density at radius 3 is 2.17 bits per heavy atom. The summed E-state index contributed by atoms with van der Waals surface area (Å²) in [6, 6.07) is 18.9. The lowest BCUT2D eigenvalue weighted by molar-refractivity contribution is -0.128. The fourth-order valence-corrected chi connectivity index (χ4v) is 3.09. The third kappa shape index (κ3) is 3.32. The number of imide groups is 1. The van der Waals surface area contributed by atoms with E-state index in [1.807, 2.05) is 74.5 Å². The molecule has 24 heavy (non-hydrogen) atoms. The first-order valence-corrected chi connectivity index (χ1v) is 8.19. The zero-order valence-corrected chi connectivity index (χ0v) is 14.0. The summed E-state index contributed by atoms with van der Waals surface area (Å²) >= 11 is 0. The molecule has 0 radical (unpaired) electrons. The van der Waals surface area contributed by atoms with Crippen LogP contribution >= 0.6 is 0 Å². The van der Waals surface area contributed by atoms with Gasteiger partial charge in [0.15, 0.2) is 0 Å². The molecule has 0 aliphatic carbocycles. The summed E-state index contributed by atoms with van der Waals surface area (Å²) in [5.74, 6) is -0.146. The monoisotopic (exact) mass is 322 g/mol. The number of urea groups is 1. The minimum Gasteiger partial charge on any atom is -0.325 e. The first-order valence-electron chi connectivity index (χ1n) is 8.19. The maximum atomic E-state index is 12.7. The van der Waals surface area contributed by atoms with Crippen LogP contribution in [-0.4, -0.2) is 29.4 Å². The molecule has 0 aromatic heterocycles. The highest BCUT2D eigenvalue weighted by molar-refractivity contribution is 6.04. The van der Waals surface area contributed by atoms with E-state index in [0.29, 0.717) is 13.0 Å². The van der Waals surface area contributed by atoms with Gasteiger partial charge >= 0.3 is 6.03 Å². The summed E-state index contributed by atoms with van der Waals surface area (Å²) in [6.07, 6.45) is 0.522. The van der Waals surface area contributed by atoms with Gasteiger partial charge in [0, 0.05) is 18.4 Å². The number of nitrogens with zero attached hydrogens (tertiary/aromatic N) is 1. The number of nitrogens with one attached hydrogen (secondary N) is 1. The summed E-state index contributed by atoms with van der Waals surface area (Å²) in [7, 11) is 0. The average molecular weight is 322 g/mol. The third-order valence-electron chi connectivity index (χ3n) is 4.50. The van der Waals surface area contributed by atoms with E-state index >= 15 is 0 Å². The van der Waals surface area contributed by atoms with E-state index in [0.717, 1.165) is 11.1 Å². The Hall–Kier alpha value is -2.62. The lowest BCUT2D eigenvalue weighted by Crippen LogP contribution is -2.41. The van der Waals surface area contributed by atoms with Crippen LogP contribution in [-0.2, 0) is 16.6 Å². The molecule has 1 heterocycles. The Morgan fingerprint density at radius 2 is 1.54 bits per heavy atom. The molecular weight excluding hydrogens is 300 g/mol. The Labute approximate surface area is 142 Å². The molecule has 4 nitrogen and oxygen atoms in total. The van der Waals surface area contributed by atoms with Gasteiger partial charge in [0.05, 0.1) is 0 Å². The minimum absolute atomic E-state index is 0.146. The zero-order valence-electron chi connectivity index (χ0n) is 14.0. The van der Waals surface area contributed by atoms with Gasteiger partial charge in [-0.25, -0.2) is 4.79 Å². The van der Waals surface area contributed by atoms with Crippen molar-refractivity contribution in [1.29, 1.82) is 0 Å². The fourth-order valence-electron chi connectivity index (χ4n) is 3.09. The molecule has 3 amide bonds. The van der Waals surface area contributed by atoms with Gasteiger partial charge in [-0.2, -0.15) is 0 Å². The molecule has 1 atom stereocenters. The third-order valence-corrected chi connectivity index (χ3v) is 4.50. The van der Waals surface area contributed by atoms with Crippen LogP contribution in [0.15, 0.2) is 60.7 Å². The Kier molecular flexibility index (Phi) is 4.38. The van der Waals surface area contributed by atoms with Crippen molar-refractivity contribution in [3.05, 3.63) is 71.8 Å². The standard InChI is InChI=1S/C20H22N2O2/c1-20(2,16-11-7-4-8-12-16)14-22-18(23)17(21-19(22)24)13-15-9-5-3-6-10-15/h3-12,17H,13-14H2,1-2H3,(H,21,24). The molecule has 2 aromatic carbocycles. The van der Waals surface area contributed by atoms with Crippen LogP contribution < -0.4 is 5.32 Å². The fraction of sp³-hybridized carbons (Fsp3) is 0.300. The second-order valence-electron chi connectivity index (χ2n) is 6.87. The zero-order chi connectivity index (χ0) is 17.2. The number of carbonyl (C=O) groups excluding carboxylic acids is 2. The molecular formula is C20H22N2O2. The van der Waals surface area contributed by atoms with Gasteiger partial charge in [-0.05, 0) is 11.1 Å². The largest absolute Gasteiger partial charge is 0.325 e. The summed E-state index contributed by atoms with van der Waals surface area (Å²) in [5.41, 5.74) is 1.85. The van der Waals surface area contributed by atoms with Crippen LogP contribution in [0.3, 0.4) is 0 Å². The van der Waals surface area contributed by atoms with Crippen LogP contribution in [0.1, 0.15) is 25.0 Å². The van der Waals surface area contributed by atoms with Crippen molar-refractivity contribution in [1.82, 2.24) is 10.2 Å². The number of benzene rings is 2. The molecule has 3 rings (SSSR count). The molecule has 1 aliphatic rings. The predicted molar refractivity (Wildman–Crippen MR) is 93.6 cm³/mol. The number of rotatable bonds is 5. The van der Waals surface area contributed by atoms with E-state index in [4.69, 9.17) is 0 Å². The van der Waals surface area contributed by atoms with Crippen molar-refractivity contribution >= 4 is 11.9 Å². The van der Waals surface area contributed by atoms with Gasteiger partial charge in [0.25, 0.3) is 5.91 Å². The van der Waals surface area contributed by atoms with Crippen molar-refractivity contribution in [2.24, 2.45) is 0 Å². The van der Waals surface area contributed by atoms with Crippen molar-refractivity contribution in [2.45, 2.75) is 31.7 Å². The van der Waals surface area contributed by atoms with Crippen molar-refractivity contribution in [2.75, 3.05) is 6.54 Å². The van der Waals surface area contributed by atoms with Crippen molar-refractivity contribution < 1.29 is 9.59 Å². The second-order valence-corrected chi connectivity index (χ2v) is 6.87. The lowest BCUT2D eigenvalue weighted by Gasteiger charge is -2.29. The summed E-state index contributed by atoms with van der Waals surface area (Å²) < 4.78 is 0. The summed E-state index contributed by atoms with van der Waals surface area (Å²) in [6.45, 7) is 4.47. The van der Waals surface area contributed by atoms with E-state index in [2.05, 4.69) is 5.32 Å². The quantitative estimate of drug-likeness (QED) is 0.860. The molecule has 1 unspecified atom stereocenters. The molecule has 0 bridgehead atoms. The Morgan fingerprint density at radius 1 is 0.958 bits per heavy atom.